The topological polar surface area (TPSA) is 41.1 Å². The van der Waals surface area contributed by atoms with Crippen LogP contribution in [0.3, 0.4) is 0 Å². The third-order valence-corrected chi connectivity index (χ3v) is 3.26. The van der Waals surface area contributed by atoms with Crippen molar-refractivity contribution < 1.29 is 0 Å². The first-order chi connectivity index (χ1) is 7.65. The summed E-state index contributed by atoms with van der Waals surface area (Å²) in [5.41, 5.74) is 2.02. The van der Waals surface area contributed by atoms with Gasteiger partial charge in [-0.1, -0.05) is 0 Å². The van der Waals surface area contributed by atoms with E-state index in [1.807, 2.05) is 20.0 Å². The highest BCUT2D eigenvalue weighted by molar-refractivity contribution is 5.34. The van der Waals surface area contributed by atoms with Crippen LogP contribution in [0.1, 0.15) is 24.2 Å². The number of hydrogen-bond donors (Lipinski definition) is 1. The van der Waals surface area contributed by atoms with Gasteiger partial charge in [0.1, 0.15) is 5.82 Å². The molecule has 0 bridgehead atoms. The summed E-state index contributed by atoms with van der Waals surface area (Å²) >= 11 is 0. The molecule has 0 aliphatic carbocycles. The summed E-state index contributed by atoms with van der Waals surface area (Å²) in [6.07, 6.45) is 4.21. The quantitative estimate of drug-likeness (QED) is 0.822. The van der Waals surface area contributed by atoms with Crippen molar-refractivity contribution in [1.29, 1.82) is 0 Å². The van der Waals surface area contributed by atoms with Crippen molar-refractivity contribution in [1.82, 2.24) is 14.9 Å². The minimum Gasteiger partial charge on any atom is -0.366 e. The molecule has 0 atom stereocenters. The van der Waals surface area contributed by atoms with Crippen molar-refractivity contribution >= 4 is 5.82 Å². The van der Waals surface area contributed by atoms with E-state index in [2.05, 4.69) is 27.2 Å². The van der Waals surface area contributed by atoms with Crippen molar-refractivity contribution in [3.8, 4) is 0 Å². The highest BCUT2D eigenvalue weighted by Crippen LogP contribution is 2.14. The standard InChI is InChI=1S/C12H20N4/c1-9-10(2)14-12(8-13-9)15-11-4-6-16(3)7-5-11/h8,11H,4-7H2,1-3H3,(H,14,15). The van der Waals surface area contributed by atoms with Gasteiger partial charge in [-0.25, -0.2) is 4.98 Å². The normalized spacial score (nSPS) is 18.7. The molecule has 0 radical (unpaired) electrons. The van der Waals surface area contributed by atoms with Gasteiger partial charge in [0.2, 0.25) is 0 Å². The summed E-state index contributed by atoms with van der Waals surface area (Å²) in [7, 11) is 2.17. The number of rotatable bonds is 2. The molecule has 88 valence electrons. The molecule has 4 heteroatoms. The number of piperidine rings is 1. The number of anilines is 1. The van der Waals surface area contributed by atoms with Crippen LogP contribution >= 0.6 is 0 Å². The second-order valence-electron chi connectivity index (χ2n) is 4.65. The molecule has 0 aromatic carbocycles. The lowest BCUT2D eigenvalue weighted by Crippen LogP contribution is -2.36. The summed E-state index contributed by atoms with van der Waals surface area (Å²) < 4.78 is 0. The Morgan fingerprint density at radius 3 is 2.56 bits per heavy atom. The van der Waals surface area contributed by atoms with Crippen LogP contribution in [0.4, 0.5) is 5.82 Å². The molecule has 1 aliphatic rings. The van der Waals surface area contributed by atoms with Crippen LogP contribution in [0.15, 0.2) is 6.20 Å². The number of likely N-dealkylation sites (tertiary alicyclic amines) is 1. The van der Waals surface area contributed by atoms with E-state index in [0.717, 1.165) is 30.3 Å². The first-order valence-electron chi connectivity index (χ1n) is 5.90. The molecule has 16 heavy (non-hydrogen) atoms. The molecule has 2 heterocycles. The summed E-state index contributed by atoms with van der Waals surface area (Å²) in [5, 5.41) is 3.47. The molecule has 0 saturated carbocycles. The number of aryl methyl sites for hydroxylation is 2. The molecule has 1 N–H and O–H groups in total. The lowest BCUT2D eigenvalue weighted by molar-refractivity contribution is 0.263. The first kappa shape index (κ1) is 11.3. The van der Waals surface area contributed by atoms with Crippen LogP contribution in [0.2, 0.25) is 0 Å². The average molecular weight is 220 g/mol. The van der Waals surface area contributed by atoms with Gasteiger partial charge < -0.3 is 10.2 Å². The van der Waals surface area contributed by atoms with Crippen LogP contribution in [0.5, 0.6) is 0 Å². The van der Waals surface area contributed by atoms with Gasteiger partial charge in [-0.05, 0) is 46.8 Å². The summed E-state index contributed by atoms with van der Waals surface area (Å²) in [4.78, 5) is 11.2. The average Bonchev–Trinajstić information content (AvgIpc) is 2.27. The fourth-order valence-electron chi connectivity index (χ4n) is 1.97. The SMILES string of the molecule is Cc1ncc(NC2CCN(C)CC2)nc1C. The van der Waals surface area contributed by atoms with E-state index in [4.69, 9.17) is 0 Å². The Morgan fingerprint density at radius 1 is 1.25 bits per heavy atom. The van der Waals surface area contributed by atoms with Crippen molar-refractivity contribution in [2.24, 2.45) is 0 Å². The van der Waals surface area contributed by atoms with Gasteiger partial charge in [0.15, 0.2) is 0 Å². The second kappa shape index (κ2) is 4.78. The van der Waals surface area contributed by atoms with Gasteiger partial charge in [-0.3, -0.25) is 4.98 Å². The zero-order valence-electron chi connectivity index (χ0n) is 10.3. The third kappa shape index (κ3) is 2.70. The molecular formula is C12H20N4. The van der Waals surface area contributed by atoms with Crippen LogP contribution in [0, 0.1) is 13.8 Å². The van der Waals surface area contributed by atoms with E-state index in [-0.39, 0.29) is 0 Å². The van der Waals surface area contributed by atoms with Gasteiger partial charge in [0, 0.05) is 6.04 Å². The van der Waals surface area contributed by atoms with E-state index in [0.29, 0.717) is 6.04 Å². The largest absolute Gasteiger partial charge is 0.366 e. The second-order valence-corrected chi connectivity index (χ2v) is 4.65. The van der Waals surface area contributed by atoms with Crippen molar-refractivity contribution in [3.63, 3.8) is 0 Å². The molecule has 0 spiro atoms. The highest BCUT2D eigenvalue weighted by atomic mass is 15.1. The van der Waals surface area contributed by atoms with Crippen molar-refractivity contribution in [2.75, 3.05) is 25.5 Å². The lowest BCUT2D eigenvalue weighted by Gasteiger charge is -2.29. The molecule has 1 aromatic rings. The van der Waals surface area contributed by atoms with E-state index in [9.17, 15) is 0 Å². The predicted octanol–water partition coefficient (Wildman–Crippen LogP) is 1.60. The Kier molecular flexibility index (Phi) is 3.39. The van der Waals surface area contributed by atoms with Crippen LogP contribution in [-0.2, 0) is 0 Å². The summed E-state index contributed by atoms with van der Waals surface area (Å²) in [6.45, 7) is 6.32. The van der Waals surface area contributed by atoms with E-state index < -0.39 is 0 Å². The minimum absolute atomic E-state index is 0.549. The molecule has 0 amide bonds. The number of nitrogens with zero attached hydrogens (tertiary/aromatic N) is 3. The fraction of sp³-hybridized carbons (Fsp3) is 0.667. The van der Waals surface area contributed by atoms with Gasteiger partial charge in [0.05, 0.1) is 17.6 Å². The number of aromatic nitrogens is 2. The Bertz CT molecular complexity index is 356. The van der Waals surface area contributed by atoms with Gasteiger partial charge in [-0.2, -0.15) is 0 Å². The van der Waals surface area contributed by atoms with Crippen LogP contribution in [0.25, 0.3) is 0 Å². The maximum Gasteiger partial charge on any atom is 0.145 e. The molecule has 2 rings (SSSR count). The highest BCUT2D eigenvalue weighted by Gasteiger charge is 2.16. The zero-order chi connectivity index (χ0) is 11.5. The Morgan fingerprint density at radius 2 is 1.94 bits per heavy atom. The Hall–Kier alpha value is -1.16. The van der Waals surface area contributed by atoms with Crippen molar-refractivity contribution in [2.45, 2.75) is 32.7 Å². The van der Waals surface area contributed by atoms with Gasteiger partial charge in [0.25, 0.3) is 0 Å². The smallest absolute Gasteiger partial charge is 0.145 e. The van der Waals surface area contributed by atoms with E-state index >= 15 is 0 Å². The van der Waals surface area contributed by atoms with Gasteiger partial charge >= 0.3 is 0 Å². The van der Waals surface area contributed by atoms with Crippen molar-refractivity contribution in [3.05, 3.63) is 17.6 Å². The molecular weight excluding hydrogens is 200 g/mol. The summed E-state index contributed by atoms with van der Waals surface area (Å²) in [5.74, 6) is 0.914. The first-order valence-corrected chi connectivity index (χ1v) is 5.90. The Labute approximate surface area is 97.1 Å². The Balaban J connectivity index is 1.96. The molecule has 0 unspecified atom stereocenters. The van der Waals surface area contributed by atoms with E-state index in [1.165, 1.54) is 12.8 Å². The minimum atomic E-state index is 0.549. The predicted molar refractivity (Wildman–Crippen MR) is 65.6 cm³/mol. The molecule has 1 aliphatic heterocycles. The lowest BCUT2D eigenvalue weighted by atomic mass is 10.1. The molecule has 1 aromatic heterocycles. The van der Waals surface area contributed by atoms with Gasteiger partial charge in [-0.15, -0.1) is 0 Å². The molecule has 1 fully saturated rings. The van der Waals surface area contributed by atoms with Crippen LogP contribution in [-0.4, -0.2) is 41.0 Å². The number of nitrogens with one attached hydrogen (secondary N) is 1. The maximum absolute atomic E-state index is 4.50. The van der Waals surface area contributed by atoms with E-state index in [1.54, 1.807) is 0 Å². The third-order valence-electron chi connectivity index (χ3n) is 3.26. The molecule has 4 nitrogen and oxygen atoms in total. The monoisotopic (exact) mass is 220 g/mol. The molecule has 1 saturated heterocycles. The number of hydrogen-bond acceptors (Lipinski definition) is 4. The maximum atomic E-state index is 4.50. The zero-order valence-corrected chi connectivity index (χ0v) is 10.3. The fourth-order valence-corrected chi connectivity index (χ4v) is 1.97. The van der Waals surface area contributed by atoms with Crippen LogP contribution < -0.4 is 5.32 Å². The summed E-state index contributed by atoms with van der Waals surface area (Å²) in [6, 6.07) is 0.549.